The molecule has 3 aromatic rings. The van der Waals surface area contributed by atoms with E-state index in [0.29, 0.717) is 32.9 Å². The fourth-order valence-corrected chi connectivity index (χ4v) is 2.52. The molecule has 5 nitrogen and oxygen atoms in total. The Labute approximate surface area is 160 Å². The lowest BCUT2D eigenvalue weighted by molar-refractivity contribution is -0.123. The van der Waals surface area contributed by atoms with Gasteiger partial charge in [-0.3, -0.25) is 4.79 Å². The highest BCUT2D eigenvalue weighted by Gasteiger charge is 2.10. The van der Waals surface area contributed by atoms with Gasteiger partial charge in [-0.15, -0.1) is 0 Å². The monoisotopic (exact) mass is 388 g/mol. The van der Waals surface area contributed by atoms with Gasteiger partial charge in [0.05, 0.1) is 16.3 Å². The highest BCUT2D eigenvalue weighted by molar-refractivity contribution is 6.43. The molecule has 0 spiro atoms. The van der Waals surface area contributed by atoms with Crippen LogP contribution >= 0.6 is 23.2 Å². The lowest BCUT2D eigenvalue weighted by atomic mass is 10.2. The molecule has 0 bridgehead atoms. The number of rotatable bonds is 6. The zero-order valence-electron chi connectivity index (χ0n) is 13.5. The summed E-state index contributed by atoms with van der Waals surface area (Å²) in [5.41, 5.74) is 3.05. The number of amides is 1. The highest BCUT2D eigenvalue weighted by Crippen LogP contribution is 2.34. The number of hydrogen-bond acceptors (Lipinski definition) is 4. The SMILES string of the molecule is O=C(COc1ccccc1)NN=Cc1ccc(-c2cccc(Cl)c2Cl)o1. The van der Waals surface area contributed by atoms with Crippen molar-refractivity contribution in [3.05, 3.63) is 76.5 Å². The second-order valence-electron chi connectivity index (χ2n) is 5.20. The van der Waals surface area contributed by atoms with Crippen molar-refractivity contribution in [1.82, 2.24) is 5.43 Å². The topological polar surface area (TPSA) is 63.8 Å². The summed E-state index contributed by atoms with van der Waals surface area (Å²) in [5.74, 6) is 1.24. The second-order valence-corrected chi connectivity index (χ2v) is 5.98. The predicted octanol–water partition coefficient (Wildman–Crippen LogP) is 4.78. The molecule has 2 aromatic carbocycles. The molecule has 0 saturated heterocycles. The van der Waals surface area contributed by atoms with Gasteiger partial charge in [-0.1, -0.05) is 47.5 Å². The van der Waals surface area contributed by atoms with Crippen LogP contribution in [0.15, 0.2) is 70.2 Å². The zero-order valence-corrected chi connectivity index (χ0v) is 15.0. The van der Waals surface area contributed by atoms with Gasteiger partial charge in [-0.25, -0.2) is 5.43 Å². The largest absolute Gasteiger partial charge is 0.484 e. The summed E-state index contributed by atoms with van der Waals surface area (Å²) in [5, 5.41) is 4.70. The molecule has 0 radical (unpaired) electrons. The first-order chi connectivity index (χ1) is 12.6. The van der Waals surface area contributed by atoms with E-state index in [2.05, 4.69) is 10.5 Å². The maximum atomic E-state index is 11.7. The van der Waals surface area contributed by atoms with Crippen LogP contribution in [0.25, 0.3) is 11.3 Å². The van der Waals surface area contributed by atoms with Crippen molar-refractivity contribution in [3.8, 4) is 17.1 Å². The van der Waals surface area contributed by atoms with Crippen molar-refractivity contribution in [2.24, 2.45) is 5.10 Å². The highest BCUT2D eigenvalue weighted by atomic mass is 35.5. The normalized spacial score (nSPS) is 10.8. The number of benzene rings is 2. The number of nitrogens with one attached hydrogen (secondary N) is 1. The Balaban J connectivity index is 1.55. The molecular formula is C19H14Cl2N2O3. The molecule has 7 heteroatoms. The van der Waals surface area contributed by atoms with Gasteiger partial charge < -0.3 is 9.15 Å². The van der Waals surface area contributed by atoms with Crippen LogP contribution in [0.3, 0.4) is 0 Å². The van der Waals surface area contributed by atoms with Crippen LogP contribution in [-0.4, -0.2) is 18.7 Å². The van der Waals surface area contributed by atoms with Crippen molar-refractivity contribution >= 4 is 35.3 Å². The Kier molecular flexibility index (Phi) is 5.94. The Hall–Kier alpha value is -2.76. The third-order valence-electron chi connectivity index (χ3n) is 3.34. The fraction of sp³-hybridized carbons (Fsp3) is 0.0526. The van der Waals surface area contributed by atoms with E-state index in [9.17, 15) is 4.79 Å². The first kappa shape index (κ1) is 18.0. The third-order valence-corrected chi connectivity index (χ3v) is 4.16. The number of carbonyl (C=O) groups is 1. The number of halogens is 2. The van der Waals surface area contributed by atoms with E-state index >= 15 is 0 Å². The quantitative estimate of drug-likeness (QED) is 0.487. The Bertz CT molecular complexity index is 924. The summed E-state index contributed by atoms with van der Waals surface area (Å²) in [6, 6.07) is 17.8. The van der Waals surface area contributed by atoms with E-state index in [4.69, 9.17) is 32.4 Å². The summed E-state index contributed by atoms with van der Waals surface area (Å²) >= 11 is 12.2. The zero-order chi connectivity index (χ0) is 18.4. The minimum absolute atomic E-state index is 0.136. The molecule has 0 unspecified atom stereocenters. The van der Waals surface area contributed by atoms with Crippen LogP contribution in [0.1, 0.15) is 5.76 Å². The molecule has 132 valence electrons. The average Bonchev–Trinajstić information content (AvgIpc) is 3.12. The summed E-state index contributed by atoms with van der Waals surface area (Å²) in [7, 11) is 0. The molecule has 1 N–H and O–H groups in total. The fourth-order valence-electron chi connectivity index (χ4n) is 2.13. The van der Waals surface area contributed by atoms with E-state index in [1.54, 1.807) is 42.5 Å². The average molecular weight is 389 g/mol. The van der Waals surface area contributed by atoms with Crippen LogP contribution in [0, 0.1) is 0 Å². The van der Waals surface area contributed by atoms with Crippen molar-refractivity contribution < 1.29 is 13.9 Å². The van der Waals surface area contributed by atoms with E-state index in [1.165, 1.54) is 6.21 Å². The molecule has 0 aliphatic heterocycles. The molecule has 1 heterocycles. The van der Waals surface area contributed by atoms with Gasteiger partial charge in [0.1, 0.15) is 17.3 Å². The number of hydrazone groups is 1. The van der Waals surface area contributed by atoms with E-state index in [-0.39, 0.29) is 12.5 Å². The molecule has 1 aromatic heterocycles. The standard InChI is InChI=1S/C19H14Cl2N2O3/c20-16-8-4-7-15(19(16)21)17-10-9-14(26-17)11-22-23-18(24)12-25-13-5-2-1-3-6-13/h1-11H,12H2,(H,23,24). The lowest BCUT2D eigenvalue weighted by Gasteiger charge is -2.03. The lowest BCUT2D eigenvalue weighted by Crippen LogP contribution is -2.24. The van der Waals surface area contributed by atoms with Crippen molar-refractivity contribution in [1.29, 1.82) is 0 Å². The van der Waals surface area contributed by atoms with Crippen LogP contribution in [0.2, 0.25) is 10.0 Å². The summed E-state index contributed by atoms with van der Waals surface area (Å²) in [6.07, 6.45) is 1.39. The molecule has 0 aliphatic carbocycles. The van der Waals surface area contributed by atoms with Gasteiger partial charge in [-0.05, 0) is 36.4 Å². The maximum Gasteiger partial charge on any atom is 0.277 e. The first-order valence-corrected chi connectivity index (χ1v) is 8.43. The van der Waals surface area contributed by atoms with Crippen molar-refractivity contribution in [3.63, 3.8) is 0 Å². The van der Waals surface area contributed by atoms with E-state index in [1.807, 2.05) is 18.2 Å². The minimum atomic E-state index is -0.380. The summed E-state index contributed by atoms with van der Waals surface area (Å²) < 4.78 is 11.0. The Morgan fingerprint density at radius 1 is 1.08 bits per heavy atom. The molecule has 0 fully saturated rings. The molecule has 0 aliphatic rings. The van der Waals surface area contributed by atoms with Crippen LogP contribution in [0.5, 0.6) is 5.75 Å². The molecule has 0 atom stereocenters. The molecule has 1 amide bonds. The van der Waals surface area contributed by atoms with E-state index < -0.39 is 0 Å². The number of carbonyl (C=O) groups excluding carboxylic acids is 1. The van der Waals surface area contributed by atoms with Crippen LogP contribution in [-0.2, 0) is 4.79 Å². The van der Waals surface area contributed by atoms with Gasteiger partial charge in [0, 0.05) is 5.56 Å². The van der Waals surface area contributed by atoms with Crippen molar-refractivity contribution in [2.75, 3.05) is 6.61 Å². The molecular weight excluding hydrogens is 375 g/mol. The number of hydrogen-bond donors (Lipinski definition) is 1. The van der Waals surface area contributed by atoms with Crippen LogP contribution < -0.4 is 10.2 Å². The summed E-state index contributed by atoms with van der Waals surface area (Å²) in [4.78, 5) is 11.7. The Morgan fingerprint density at radius 2 is 1.88 bits per heavy atom. The number of ether oxygens (including phenoxy) is 1. The van der Waals surface area contributed by atoms with Gasteiger partial charge in [-0.2, -0.15) is 5.10 Å². The number of nitrogens with zero attached hydrogens (tertiary/aromatic N) is 1. The Morgan fingerprint density at radius 3 is 2.69 bits per heavy atom. The van der Waals surface area contributed by atoms with Gasteiger partial charge >= 0.3 is 0 Å². The van der Waals surface area contributed by atoms with E-state index in [0.717, 1.165) is 0 Å². The van der Waals surface area contributed by atoms with Gasteiger partial charge in [0.15, 0.2) is 6.61 Å². The number of furan rings is 1. The first-order valence-electron chi connectivity index (χ1n) is 7.67. The molecule has 3 rings (SSSR count). The number of para-hydroxylation sites is 1. The molecule has 26 heavy (non-hydrogen) atoms. The van der Waals surface area contributed by atoms with Crippen LogP contribution in [0.4, 0.5) is 0 Å². The predicted molar refractivity (Wildman–Crippen MR) is 102 cm³/mol. The third kappa shape index (κ3) is 4.65. The smallest absolute Gasteiger partial charge is 0.277 e. The minimum Gasteiger partial charge on any atom is -0.484 e. The van der Waals surface area contributed by atoms with Crippen molar-refractivity contribution in [2.45, 2.75) is 0 Å². The van der Waals surface area contributed by atoms with Gasteiger partial charge in [0.2, 0.25) is 0 Å². The maximum absolute atomic E-state index is 11.7. The second kappa shape index (κ2) is 8.56. The summed E-state index contributed by atoms with van der Waals surface area (Å²) in [6.45, 7) is -0.136. The van der Waals surface area contributed by atoms with Gasteiger partial charge in [0.25, 0.3) is 5.91 Å². The molecule has 0 saturated carbocycles.